The molecule has 0 radical (unpaired) electrons. The second kappa shape index (κ2) is 4.74. The lowest BCUT2D eigenvalue weighted by Gasteiger charge is -2.21. The molecule has 2 aliphatic carbocycles. The summed E-state index contributed by atoms with van der Waals surface area (Å²) in [4.78, 5) is 11.1. The number of rotatable bonds is 5. The highest BCUT2D eigenvalue weighted by Crippen LogP contribution is 2.55. The Balaban J connectivity index is 1.73. The monoisotopic (exact) mass is 225 g/mol. The molecule has 3 nitrogen and oxygen atoms in total. The van der Waals surface area contributed by atoms with E-state index in [1.165, 1.54) is 38.5 Å². The van der Waals surface area contributed by atoms with Crippen molar-refractivity contribution in [1.82, 2.24) is 0 Å². The second-order valence-corrected chi connectivity index (χ2v) is 5.65. The lowest BCUT2D eigenvalue weighted by molar-refractivity contribution is -0.143. The third kappa shape index (κ3) is 2.24. The van der Waals surface area contributed by atoms with Crippen LogP contribution in [0.2, 0.25) is 0 Å². The van der Waals surface area contributed by atoms with Crippen LogP contribution in [0.25, 0.3) is 0 Å². The Labute approximate surface area is 97.4 Å². The fourth-order valence-electron chi connectivity index (χ4n) is 3.27. The molecular weight excluding hydrogens is 202 g/mol. The van der Waals surface area contributed by atoms with Gasteiger partial charge in [0.1, 0.15) is 0 Å². The van der Waals surface area contributed by atoms with Gasteiger partial charge in [0.15, 0.2) is 0 Å². The van der Waals surface area contributed by atoms with Gasteiger partial charge in [-0.15, -0.1) is 0 Å². The van der Waals surface area contributed by atoms with Crippen LogP contribution < -0.4 is 5.73 Å². The summed E-state index contributed by atoms with van der Waals surface area (Å²) in [5, 5.41) is 9.13. The van der Waals surface area contributed by atoms with Gasteiger partial charge in [-0.2, -0.15) is 0 Å². The van der Waals surface area contributed by atoms with Crippen molar-refractivity contribution < 1.29 is 9.90 Å². The van der Waals surface area contributed by atoms with Crippen molar-refractivity contribution in [3.63, 3.8) is 0 Å². The van der Waals surface area contributed by atoms with Gasteiger partial charge in [-0.1, -0.05) is 38.5 Å². The maximum atomic E-state index is 11.1. The summed E-state index contributed by atoms with van der Waals surface area (Å²) in [5.41, 5.74) is 5.04. The number of carboxylic acids is 1. The fourth-order valence-corrected chi connectivity index (χ4v) is 3.27. The molecule has 0 aromatic heterocycles. The Kier molecular flexibility index (Phi) is 3.53. The molecule has 16 heavy (non-hydrogen) atoms. The van der Waals surface area contributed by atoms with Crippen LogP contribution in [0.3, 0.4) is 0 Å². The van der Waals surface area contributed by atoms with Crippen molar-refractivity contribution in [2.24, 2.45) is 23.0 Å². The van der Waals surface area contributed by atoms with Crippen LogP contribution in [-0.2, 0) is 4.79 Å². The van der Waals surface area contributed by atoms with Crippen LogP contribution in [-0.4, -0.2) is 17.6 Å². The minimum atomic E-state index is -0.677. The van der Waals surface area contributed by atoms with E-state index in [4.69, 9.17) is 10.8 Å². The Morgan fingerprint density at radius 1 is 1.25 bits per heavy atom. The van der Waals surface area contributed by atoms with Crippen LogP contribution in [0, 0.1) is 17.3 Å². The van der Waals surface area contributed by atoms with Gasteiger partial charge in [-0.3, -0.25) is 4.79 Å². The van der Waals surface area contributed by atoms with Crippen LogP contribution >= 0.6 is 0 Å². The Morgan fingerprint density at radius 2 is 1.94 bits per heavy atom. The first-order valence-corrected chi connectivity index (χ1v) is 6.62. The largest absolute Gasteiger partial charge is 0.481 e. The Bertz CT molecular complexity index is 261. The van der Waals surface area contributed by atoms with Crippen molar-refractivity contribution in [3.05, 3.63) is 0 Å². The highest BCUT2D eigenvalue weighted by Gasteiger charge is 2.58. The SMILES string of the molecule is NCC1(C(=O)O)CC1CCC1CCCCC1. The average Bonchev–Trinajstić information content (AvgIpc) is 3.03. The zero-order valence-electron chi connectivity index (χ0n) is 9.95. The summed E-state index contributed by atoms with van der Waals surface area (Å²) < 4.78 is 0. The minimum Gasteiger partial charge on any atom is -0.481 e. The maximum absolute atomic E-state index is 11.1. The van der Waals surface area contributed by atoms with E-state index in [1.54, 1.807) is 0 Å². The van der Waals surface area contributed by atoms with E-state index in [9.17, 15) is 4.79 Å². The van der Waals surface area contributed by atoms with Crippen LogP contribution in [0.4, 0.5) is 0 Å². The molecule has 3 N–H and O–H groups in total. The topological polar surface area (TPSA) is 63.3 Å². The number of carboxylic acid groups (broad SMARTS) is 1. The second-order valence-electron chi connectivity index (χ2n) is 5.65. The smallest absolute Gasteiger partial charge is 0.311 e. The van der Waals surface area contributed by atoms with Crippen molar-refractivity contribution in [3.8, 4) is 0 Å². The summed E-state index contributed by atoms with van der Waals surface area (Å²) in [5.74, 6) is 0.541. The number of aliphatic carboxylic acids is 1. The molecule has 3 heteroatoms. The van der Waals surface area contributed by atoms with E-state index in [0.29, 0.717) is 12.5 Å². The molecule has 0 aromatic rings. The van der Waals surface area contributed by atoms with E-state index in [-0.39, 0.29) is 0 Å². The summed E-state index contributed by atoms with van der Waals surface area (Å²) in [6.45, 7) is 0.317. The van der Waals surface area contributed by atoms with Crippen molar-refractivity contribution in [2.45, 2.75) is 51.4 Å². The van der Waals surface area contributed by atoms with Crippen molar-refractivity contribution >= 4 is 5.97 Å². The number of hydrogen-bond donors (Lipinski definition) is 2. The zero-order valence-corrected chi connectivity index (χ0v) is 9.95. The molecule has 2 atom stereocenters. The van der Waals surface area contributed by atoms with Gasteiger partial charge >= 0.3 is 5.97 Å². The van der Waals surface area contributed by atoms with Crippen molar-refractivity contribution in [2.75, 3.05) is 6.54 Å². The molecule has 2 saturated carbocycles. The van der Waals surface area contributed by atoms with E-state index < -0.39 is 11.4 Å². The molecule has 0 bridgehead atoms. The lowest BCUT2D eigenvalue weighted by Crippen LogP contribution is -2.27. The van der Waals surface area contributed by atoms with E-state index in [2.05, 4.69) is 0 Å². The standard InChI is InChI=1S/C13H23NO2/c14-9-13(12(15)16)8-11(13)7-6-10-4-2-1-3-5-10/h10-11H,1-9,14H2,(H,15,16). The summed E-state index contributed by atoms with van der Waals surface area (Å²) in [7, 11) is 0. The molecule has 2 unspecified atom stereocenters. The van der Waals surface area contributed by atoms with E-state index >= 15 is 0 Å². The lowest BCUT2D eigenvalue weighted by atomic mass is 9.85. The van der Waals surface area contributed by atoms with Gasteiger partial charge in [-0.05, 0) is 24.7 Å². The molecule has 2 rings (SSSR count). The predicted molar refractivity (Wildman–Crippen MR) is 63.0 cm³/mol. The molecule has 0 saturated heterocycles. The number of carbonyl (C=O) groups is 1. The molecule has 0 heterocycles. The van der Waals surface area contributed by atoms with Gasteiger partial charge in [0.25, 0.3) is 0 Å². The fraction of sp³-hybridized carbons (Fsp3) is 0.923. The van der Waals surface area contributed by atoms with Gasteiger partial charge in [0.05, 0.1) is 5.41 Å². The molecule has 0 aliphatic heterocycles. The molecular formula is C13H23NO2. The highest BCUT2D eigenvalue weighted by atomic mass is 16.4. The molecule has 2 aliphatic rings. The quantitative estimate of drug-likeness (QED) is 0.755. The Hall–Kier alpha value is -0.570. The molecule has 0 aromatic carbocycles. The molecule has 0 spiro atoms. The summed E-state index contributed by atoms with van der Waals surface area (Å²) >= 11 is 0. The number of nitrogens with two attached hydrogens (primary N) is 1. The van der Waals surface area contributed by atoms with Crippen molar-refractivity contribution in [1.29, 1.82) is 0 Å². The normalized spacial score (nSPS) is 34.9. The molecule has 2 fully saturated rings. The van der Waals surface area contributed by atoms with Gasteiger partial charge < -0.3 is 10.8 Å². The number of hydrogen-bond acceptors (Lipinski definition) is 2. The van der Waals surface area contributed by atoms with Crippen LogP contribution in [0.5, 0.6) is 0 Å². The molecule has 92 valence electrons. The summed E-state index contributed by atoms with van der Waals surface area (Å²) in [6.07, 6.45) is 9.96. The van der Waals surface area contributed by atoms with Crippen LogP contribution in [0.1, 0.15) is 51.4 Å². The molecule has 0 amide bonds. The minimum absolute atomic E-state index is 0.317. The first-order valence-electron chi connectivity index (χ1n) is 6.62. The van der Waals surface area contributed by atoms with E-state index in [0.717, 1.165) is 18.8 Å². The van der Waals surface area contributed by atoms with E-state index in [1.807, 2.05) is 0 Å². The zero-order chi connectivity index (χ0) is 11.6. The third-order valence-electron chi connectivity index (χ3n) is 4.67. The highest BCUT2D eigenvalue weighted by molar-refractivity contribution is 5.78. The Morgan fingerprint density at radius 3 is 2.44 bits per heavy atom. The van der Waals surface area contributed by atoms with Gasteiger partial charge in [0.2, 0.25) is 0 Å². The summed E-state index contributed by atoms with van der Waals surface area (Å²) in [6, 6.07) is 0. The first kappa shape index (κ1) is 11.9. The van der Waals surface area contributed by atoms with Gasteiger partial charge in [0, 0.05) is 6.54 Å². The third-order valence-corrected chi connectivity index (χ3v) is 4.67. The first-order chi connectivity index (χ1) is 7.69. The average molecular weight is 225 g/mol. The maximum Gasteiger partial charge on any atom is 0.311 e. The predicted octanol–water partition coefficient (Wildman–Crippen LogP) is 2.40. The van der Waals surface area contributed by atoms with Gasteiger partial charge in [-0.25, -0.2) is 0 Å². The van der Waals surface area contributed by atoms with Crippen LogP contribution in [0.15, 0.2) is 0 Å².